The van der Waals surface area contributed by atoms with Crippen LogP contribution in [0.5, 0.6) is 0 Å². The summed E-state index contributed by atoms with van der Waals surface area (Å²) in [4.78, 5) is 37.8. The van der Waals surface area contributed by atoms with E-state index in [4.69, 9.17) is 9.72 Å². The summed E-state index contributed by atoms with van der Waals surface area (Å²) in [5.74, 6) is -0.915. The zero-order valence-corrected chi connectivity index (χ0v) is 20.2. The molecule has 1 atom stereocenters. The van der Waals surface area contributed by atoms with E-state index >= 15 is 0 Å². The zero-order chi connectivity index (χ0) is 23.8. The topological polar surface area (TPSA) is 84.4 Å². The number of para-hydroxylation sites is 1. The molecule has 1 amide bonds. The summed E-state index contributed by atoms with van der Waals surface area (Å²) in [5.41, 5.74) is 5.05. The molecule has 0 fully saturated rings. The van der Waals surface area contributed by atoms with Crippen molar-refractivity contribution in [1.82, 2.24) is 14.9 Å². The minimum Gasteiger partial charge on any atom is -0.449 e. The van der Waals surface area contributed by atoms with E-state index in [0.717, 1.165) is 57.5 Å². The number of pyridine rings is 1. The van der Waals surface area contributed by atoms with E-state index in [1.54, 1.807) is 6.92 Å². The van der Waals surface area contributed by atoms with Gasteiger partial charge in [0.05, 0.1) is 21.3 Å². The van der Waals surface area contributed by atoms with Gasteiger partial charge in [0, 0.05) is 36.2 Å². The quantitative estimate of drug-likeness (QED) is 0.422. The third-order valence-electron chi connectivity index (χ3n) is 6.20. The third kappa shape index (κ3) is 4.26. The molecule has 2 aromatic heterocycles. The summed E-state index contributed by atoms with van der Waals surface area (Å²) in [5, 5.41) is 4.03. The second-order valence-corrected chi connectivity index (χ2v) is 9.61. The number of aryl methyl sites for hydroxylation is 1. The van der Waals surface area contributed by atoms with Gasteiger partial charge in [0.25, 0.3) is 5.91 Å². The third-order valence-corrected chi connectivity index (χ3v) is 7.14. The maximum atomic E-state index is 13.4. The predicted octanol–water partition coefficient (Wildman–Crippen LogP) is 4.71. The van der Waals surface area contributed by atoms with Crippen molar-refractivity contribution in [1.29, 1.82) is 0 Å². The maximum Gasteiger partial charge on any atom is 0.339 e. The number of hydrogen-bond acceptors (Lipinski definition) is 7. The molecule has 1 aliphatic rings. The first-order valence-corrected chi connectivity index (χ1v) is 12.3. The van der Waals surface area contributed by atoms with E-state index in [-0.39, 0.29) is 0 Å². The minimum atomic E-state index is -0.977. The summed E-state index contributed by atoms with van der Waals surface area (Å²) in [6, 6.07) is 13.5. The molecule has 34 heavy (non-hydrogen) atoms. The van der Waals surface area contributed by atoms with Gasteiger partial charge in [-0.25, -0.2) is 9.78 Å². The number of hydrogen-bond donors (Lipinski definition) is 1. The van der Waals surface area contributed by atoms with Crippen LogP contribution in [0.1, 0.15) is 41.0 Å². The standard InChI is InChI=1S/C26H26N4O3S/c1-4-30-12-11-20-18(14-30)23(17-7-5-6-8-19(17)27-20)25(32)33-16(3)24(31)29-26-28-21-10-9-15(2)13-22(21)34-26/h5-10,13,16H,4,11-12,14H2,1-3H3,(H,28,29,31). The van der Waals surface area contributed by atoms with Crippen molar-refractivity contribution in [3.8, 4) is 0 Å². The molecule has 3 heterocycles. The summed E-state index contributed by atoms with van der Waals surface area (Å²) in [6.45, 7) is 8.14. The van der Waals surface area contributed by atoms with Crippen LogP contribution in [-0.2, 0) is 22.5 Å². The number of aromatic nitrogens is 2. The smallest absolute Gasteiger partial charge is 0.339 e. The van der Waals surface area contributed by atoms with Crippen molar-refractivity contribution in [2.24, 2.45) is 0 Å². The fraction of sp³-hybridized carbons (Fsp3) is 0.308. The van der Waals surface area contributed by atoms with Crippen molar-refractivity contribution >= 4 is 49.5 Å². The van der Waals surface area contributed by atoms with Gasteiger partial charge in [-0.3, -0.25) is 20.0 Å². The van der Waals surface area contributed by atoms with Gasteiger partial charge in [-0.15, -0.1) is 0 Å². The highest BCUT2D eigenvalue weighted by Crippen LogP contribution is 2.30. The lowest BCUT2D eigenvalue weighted by Crippen LogP contribution is -2.34. The van der Waals surface area contributed by atoms with Crippen LogP contribution in [0.25, 0.3) is 21.1 Å². The Hall–Kier alpha value is -3.36. The number of amides is 1. The summed E-state index contributed by atoms with van der Waals surface area (Å²) in [7, 11) is 0. The van der Waals surface area contributed by atoms with Gasteiger partial charge < -0.3 is 4.74 Å². The Morgan fingerprint density at radius 3 is 2.82 bits per heavy atom. The van der Waals surface area contributed by atoms with E-state index in [1.807, 2.05) is 49.4 Å². The number of rotatable bonds is 5. The molecule has 1 unspecified atom stereocenters. The number of ether oxygens (including phenoxy) is 1. The summed E-state index contributed by atoms with van der Waals surface area (Å²) < 4.78 is 6.68. The Kier molecular flexibility index (Phi) is 6.02. The first-order chi connectivity index (χ1) is 16.4. The molecule has 5 rings (SSSR count). The number of carbonyl (C=O) groups is 2. The maximum absolute atomic E-state index is 13.4. The highest BCUT2D eigenvalue weighted by molar-refractivity contribution is 7.22. The molecule has 1 aliphatic heterocycles. The zero-order valence-electron chi connectivity index (χ0n) is 19.4. The molecule has 2 aromatic carbocycles. The van der Waals surface area contributed by atoms with Gasteiger partial charge in [0.2, 0.25) is 0 Å². The number of nitrogens with one attached hydrogen (secondary N) is 1. The Bertz CT molecular complexity index is 1410. The number of benzene rings is 2. The molecule has 4 aromatic rings. The number of esters is 1. The number of fused-ring (bicyclic) bond motifs is 3. The lowest BCUT2D eigenvalue weighted by atomic mass is 9.95. The second kappa shape index (κ2) is 9.12. The van der Waals surface area contributed by atoms with E-state index in [9.17, 15) is 9.59 Å². The normalized spacial score (nSPS) is 14.7. The number of anilines is 1. The van der Waals surface area contributed by atoms with Crippen LogP contribution in [0.4, 0.5) is 5.13 Å². The van der Waals surface area contributed by atoms with E-state index in [0.29, 0.717) is 17.2 Å². The lowest BCUT2D eigenvalue weighted by Gasteiger charge is -2.29. The average molecular weight is 475 g/mol. The molecule has 0 aliphatic carbocycles. The monoisotopic (exact) mass is 474 g/mol. The van der Waals surface area contributed by atoms with Crippen LogP contribution < -0.4 is 5.32 Å². The molecular weight excluding hydrogens is 448 g/mol. The molecule has 7 nitrogen and oxygen atoms in total. The van der Waals surface area contributed by atoms with Crippen LogP contribution in [0, 0.1) is 6.92 Å². The van der Waals surface area contributed by atoms with Gasteiger partial charge in [-0.2, -0.15) is 0 Å². The average Bonchev–Trinajstić information content (AvgIpc) is 3.23. The fourth-order valence-corrected chi connectivity index (χ4v) is 5.28. The van der Waals surface area contributed by atoms with Crippen LogP contribution in [0.2, 0.25) is 0 Å². The fourth-order valence-electron chi connectivity index (χ4n) is 4.31. The highest BCUT2D eigenvalue weighted by Gasteiger charge is 2.28. The molecule has 1 N–H and O–H groups in total. The van der Waals surface area contributed by atoms with Crippen molar-refractivity contribution in [2.75, 3.05) is 18.4 Å². The second-order valence-electron chi connectivity index (χ2n) is 8.57. The molecule has 8 heteroatoms. The van der Waals surface area contributed by atoms with Gasteiger partial charge in [0.1, 0.15) is 0 Å². The molecule has 0 radical (unpaired) electrons. The number of carbonyl (C=O) groups excluding carboxylic acids is 2. The highest BCUT2D eigenvalue weighted by atomic mass is 32.1. The van der Waals surface area contributed by atoms with Gasteiger partial charge >= 0.3 is 5.97 Å². The minimum absolute atomic E-state index is 0.411. The van der Waals surface area contributed by atoms with Crippen LogP contribution in [-0.4, -0.2) is 45.9 Å². The molecule has 0 bridgehead atoms. The number of likely N-dealkylation sites (N-methyl/N-ethyl adjacent to an activating group) is 1. The van der Waals surface area contributed by atoms with Crippen LogP contribution in [0.15, 0.2) is 42.5 Å². The Labute approximate surface area is 201 Å². The van der Waals surface area contributed by atoms with Crippen molar-refractivity contribution in [2.45, 2.75) is 39.8 Å². The summed E-state index contributed by atoms with van der Waals surface area (Å²) >= 11 is 1.40. The van der Waals surface area contributed by atoms with Crippen LogP contribution >= 0.6 is 11.3 Å². The molecule has 0 spiro atoms. The SMILES string of the molecule is CCN1CCc2nc3ccccc3c(C(=O)OC(C)C(=O)Nc3nc4ccc(C)cc4s3)c2C1. The predicted molar refractivity (Wildman–Crippen MR) is 134 cm³/mol. The van der Waals surface area contributed by atoms with E-state index in [2.05, 4.69) is 22.1 Å². The first kappa shape index (κ1) is 22.4. The van der Waals surface area contributed by atoms with Crippen LogP contribution in [0.3, 0.4) is 0 Å². The number of nitrogens with zero attached hydrogens (tertiary/aromatic N) is 3. The summed E-state index contributed by atoms with van der Waals surface area (Å²) in [6.07, 6.45) is -0.198. The van der Waals surface area contributed by atoms with Gasteiger partial charge in [0.15, 0.2) is 11.2 Å². The Morgan fingerprint density at radius 1 is 1.18 bits per heavy atom. The molecule has 174 valence electrons. The Morgan fingerprint density at radius 2 is 2.00 bits per heavy atom. The van der Waals surface area contributed by atoms with E-state index in [1.165, 1.54) is 11.3 Å². The molecular formula is C26H26N4O3S. The van der Waals surface area contributed by atoms with Crippen molar-refractivity contribution < 1.29 is 14.3 Å². The van der Waals surface area contributed by atoms with Gasteiger partial charge in [-0.1, -0.05) is 42.5 Å². The van der Waals surface area contributed by atoms with Gasteiger partial charge in [-0.05, 0) is 44.2 Å². The van der Waals surface area contributed by atoms with Crippen molar-refractivity contribution in [3.63, 3.8) is 0 Å². The van der Waals surface area contributed by atoms with Crippen molar-refractivity contribution in [3.05, 3.63) is 64.8 Å². The number of thiazole rings is 1. The largest absolute Gasteiger partial charge is 0.449 e. The Balaban J connectivity index is 1.39. The first-order valence-electron chi connectivity index (χ1n) is 11.4. The molecule has 0 saturated carbocycles. The van der Waals surface area contributed by atoms with E-state index < -0.39 is 18.0 Å². The molecule has 0 saturated heterocycles. The lowest BCUT2D eigenvalue weighted by molar-refractivity contribution is -0.123.